The zero-order chi connectivity index (χ0) is 12.7. The number of benzene rings is 1. The van der Waals surface area contributed by atoms with E-state index in [0.717, 1.165) is 29.2 Å². The number of thioether (sulfide) groups is 1. The third-order valence-electron chi connectivity index (χ3n) is 2.34. The van der Waals surface area contributed by atoms with E-state index in [1.54, 1.807) is 31.9 Å². The number of aliphatic hydroxyl groups excluding tert-OH is 1. The first-order chi connectivity index (χ1) is 8.19. The van der Waals surface area contributed by atoms with Crippen LogP contribution >= 0.6 is 11.8 Å². The average Bonchev–Trinajstić information content (AvgIpc) is 2.34. The van der Waals surface area contributed by atoms with Crippen LogP contribution in [0.1, 0.15) is 30.6 Å². The molecule has 0 aliphatic heterocycles. The topological polar surface area (TPSA) is 53.2 Å². The number of nitrogens with zero attached hydrogens (tertiary/aromatic N) is 1. The average molecular weight is 251 g/mol. The van der Waals surface area contributed by atoms with E-state index in [9.17, 15) is 5.11 Å². The molecule has 0 aromatic heterocycles. The van der Waals surface area contributed by atoms with E-state index >= 15 is 0 Å². The zero-order valence-electron chi connectivity index (χ0n) is 10.1. The maximum absolute atomic E-state index is 9.65. The molecule has 0 aliphatic rings. The van der Waals surface area contributed by atoms with Gasteiger partial charge in [-0.1, -0.05) is 6.07 Å². The summed E-state index contributed by atoms with van der Waals surface area (Å²) in [7, 11) is 1.68. The molecule has 0 spiro atoms. The third kappa shape index (κ3) is 4.39. The molecule has 1 atom stereocenters. The number of methoxy groups -OCH3 is 1. The van der Waals surface area contributed by atoms with Crippen molar-refractivity contribution in [2.24, 2.45) is 0 Å². The van der Waals surface area contributed by atoms with Gasteiger partial charge in [0.15, 0.2) is 0 Å². The molecule has 4 heteroatoms. The largest absolute Gasteiger partial charge is 0.389 e. The fourth-order valence-corrected chi connectivity index (χ4v) is 2.56. The number of hydrogen-bond acceptors (Lipinski definition) is 4. The van der Waals surface area contributed by atoms with Gasteiger partial charge in [0.25, 0.3) is 0 Å². The number of nitriles is 1. The maximum Gasteiger partial charge on any atom is 0.0992 e. The second kappa shape index (κ2) is 7.33. The van der Waals surface area contributed by atoms with Crippen molar-refractivity contribution in [1.82, 2.24) is 0 Å². The summed E-state index contributed by atoms with van der Waals surface area (Å²) in [6.45, 7) is 2.47. The molecule has 3 nitrogen and oxygen atoms in total. The normalized spacial score (nSPS) is 12.1. The van der Waals surface area contributed by atoms with E-state index in [1.807, 2.05) is 12.1 Å². The van der Waals surface area contributed by atoms with Gasteiger partial charge in [0.05, 0.1) is 17.7 Å². The minimum atomic E-state index is -0.507. The van der Waals surface area contributed by atoms with Crippen LogP contribution in [0.15, 0.2) is 23.1 Å². The highest BCUT2D eigenvalue weighted by molar-refractivity contribution is 7.99. The second-order valence-electron chi connectivity index (χ2n) is 3.74. The van der Waals surface area contributed by atoms with Crippen LogP contribution in [0.2, 0.25) is 0 Å². The van der Waals surface area contributed by atoms with Crippen molar-refractivity contribution in [3.05, 3.63) is 29.3 Å². The monoisotopic (exact) mass is 251 g/mol. The molecule has 0 aliphatic carbocycles. The third-order valence-corrected chi connectivity index (χ3v) is 3.50. The van der Waals surface area contributed by atoms with Gasteiger partial charge >= 0.3 is 0 Å². The molecule has 0 unspecified atom stereocenters. The minimum absolute atomic E-state index is 0.507. The minimum Gasteiger partial charge on any atom is -0.389 e. The first-order valence-corrected chi connectivity index (χ1v) is 6.51. The predicted molar refractivity (Wildman–Crippen MR) is 69.0 cm³/mol. The fourth-order valence-electron chi connectivity index (χ4n) is 1.46. The number of hydrogen-bond donors (Lipinski definition) is 1. The maximum atomic E-state index is 9.65. The summed E-state index contributed by atoms with van der Waals surface area (Å²) >= 11 is 1.65. The first-order valence-electron chi connectivity index (χ1n) is 5.53. The predicted octanol–water partition coefficient (Wildman–Crippen LogP) is 2.74. The molecule has 1 rings (SSSR count). The Morgan fingerprint density at radius 2 is 2.29 bits per heavy atom. The summed E-state index contributed by atoms with van der Waals surface area (Å²) in [6, 6.07) is 7.51. The highest BCUT2D eigenvalue weighted by Crippen LogP contribution is 2.29. The van der Waals surface area contributed by atoms with Crippen LogP contribution in [-0.4, -0.2) is 24.6 Å². The standard InChI is InChI=1S/C13H17NO2S/c1-10(15)12-5-4-11(9-14)8-13(12)17-7-3-6-16-2/h4-5,8,10,15H,3,6-7H2,1-2H3/t10-/m1/s1. The summed E-state index contributed by atoms with van der Waals surface area (Å²) in [5, 5.41) is 18.5. The SMILES string of the molecule is COCCCSc1cc(C#N)ccc1[C@@H](C)O. The van der Waals surface area contributed by atoms with Gasteiger partial charge in [-0.2, -0.15) is 5.26 Å². The van der Waals surface area contributed by atoms with E-state index in [0.29, 0.717) is 5.56 Å². The van der Waals surface area contributed by atoms with Gasteiger partial charge < -0.3 is 9.84 Å². The fraction of sp³-hybridized carbons (Fsp3) is 0.462. The number of rotatable bonds is 6. The van der Waals surface area contributed by atoms with Crippen molar-refractivity contribution in [1.29, 1.82) is 5.26 Å². The quantitative estimate of drug-likeness (QED) is 0.624. The summed E-state index contributed by atoms with van der Waals surface area (Å²) in [5.41, 5.74) is 1.51. The van der Waals surface area contributed by atoms with Gasteiger partial charge in [-0.3, -0.25) is 0 Å². The van der Waals surface area contributed by atoms with Gasteiger partial charge in [-0.05, 0) is 31.0 Å². The van der Waals surface area contributed by atoms with Crippen molar-refractivity contribution in [3.8, 4) is 6.07 Å². The van der Waals surface area contributed by atoms with E-state index in [1.165, 1.54) is 0 Å². The summed E-state index contributed by atoms with van der Waals surface area (Å²) in [6.07, 6.45) is 0.449. The smallest absolute Gasteiger partial charge is 0.0992 e. The van der Waals surface area contributed by atoms with Gasteiger partial charge in [0, 0.05) is 24.4 Å². The molecule has 0 heterocycles. The molecule has 0 radical (unpaired) electrons. The lowest BCUT2D eigenvalue weighted by Crippen LogP contribution is -1.96. The van der Waals surface area contributed by atoms with Gasteiger partial charge in [-0.25, -0.2) is 0 Å². The lowest BCUT2D eigenvalue weighted by atomic mass is 10.1. The van der Waals surface area contributed by atoms with Crippen molar-refractivity contribution >= 4 is 11.8 Å². The summed E-state index contributed by atoms with van der Waals surface area (Å²) < 4.78 is 4.99. The van der Waals surface area contributed by atoms with Crippen LogP contribution in [-0.2, 0) is 4.74 Å². The molecule has 1 aromatic carbocycles. The number of ether oxygens (including phenoxy) is 1. The molecule has 0 bridgehead atoms. The van der Waals surface area contributed by atoms with E-state index in [-0.39, 0.29) is 0 Å². The van der Waals surface area contributed by atoms with Crippen LogP contribution in [0.3, 0.4) is 0 Å². The lowest BCUT2D eigenvalue weighted by Gasteiger charge is -2.11. The van der Waals surface area contributed by atoms with Crippen molar-refractivity contribution in [2.45, 2.75) is 24.3 Å². The van der Waals surface area contributed by atoms with Crippen LogP contribution in [0.4, 0.5) is 0 Å². The molecular weight excluding hydrogens is 234 g/mol. The Labute approximate surface area is 106 Å². The molecule has 0 amide bonds. The molecule has 1 N–H and O–H groups in total. The summed E-state index contributed by atoms with van der Waals surface area (Å²) in [5.74, 6) is 0.919. The van der Waals surface area contributed by atoms with Gasteiger partial charge in [0.2, 0.25) is 0 Å². The van der Waals surface area contributed by atoms with Gasteiger partial charge in [0.1, 0.15) is 0 Å². The molecule has 17 heavy (non-hydrogen) atoms. The Morgan fingerprint density at radius 1 is 1.53 bits per heavy atom. The molecule has 0 saturated carbocycles. The Morgan fingerprint density at radius 3 is 2.88 bits per heavy atom. The molecule has 92 valence electrons. The second-order valence-corrected chi connectivity index (χ2v) is 4.87. The first kappa shape index (κ1) is 14.0. The molecule has 1 aromatic rings. The Kier molecular flexibility index (Phi) is 6.06. The Balaban J connectivity index is 2.75. The lowest BCUT2D eigenvalue weighted by molar-refractivity contribution is 0.196. The van der Waals surface area contributed by atoms with Crippen LogP contribution < -0.4 is 0 Å². The van der Waals surface area contributed by atoms with Crippen LogP contribution in [0, 0.1) is 11.3 Å². The van der Waals surface area contributed by atoms with Crippen LogP contribution in [0.25, 0.3) is 0 Å². The van der Waals surface area contributed by atoms with Crippen LogP contribution in [0.5, 0.6) is 0 Å². The van der Waals surface area contributed by atoms with Crippen molar-refractivity contribution in [2.75, 3.05) is 19.5 Å². The molecule has 0 saturated heterocycles. The zero-order valence-corrected chi connectivity index (χ0v) is 11.0. The Bertz CT molecular complexity index is 399. The highest BCUT2D eigenvalue weighted by Gasteiger charge is 2.09. The van der Waals surface area contributed by atoms with E-state index in [4.69, 9.17) is 10.00 Å². The van der Waals surface area contributed by atoms with Gasteiger partial charge in [-0.15, -0.1) is 11.8 Å². The molecular formula is C13H17NO2S. The summed E-state index contributed by atoms with van der Waals surface area (Å²) in [4.78, 5) is 0.982. The molecule has 0 fully saturated rings. The van der Waals surface area contributed by atoms with Crippen molar-refractivity contribution in [3.63, 3.8) is 0 Å². The number of aliphatic hydroxyl groups is 1. The van der Waals surface area contributed by atoms with E-state index in [2.05, 4.69) is 6.07 Å². The highest BCUT2D eigenvalue weighted by atomic mass is 32.2. The Hall–Kier alpha value is -1.02. The van der Waals surface area contributed by atoms with Crippen molar-refractivity contribution < 1.29 is 9.84 Å². The van der Waals surface area contributed by atoms with E-state index < -0.39 is 6.10 Å².